The third-order valence-corrected chi connectivity index (χ3v) is 7.97. The molecule has 0 atom stereocenters. The summed E-state index contributed by atoms with van der Waals surface area (Å²) in [5, 5.41) is 8.89. The fraction of sp³-hybridized carbons (Fsp3) is 0.731. The van der Waals surface area contributed by atoms with Gasteiger partial charge in [-0.25, -0.2) is 4.39 Å². The van der Waals surface area contributed by atoms with E-state index in [1.165, 1.54) is 96.3 Å². The van der Waals surface area contributed by atoms with Crippen LogP contribution >= 0.6 is 0 Å². The summed E-state index contributed by atoms with van der Waals surface area (Å²) in [7, 11) is 0. The largest absolute Gasteiger partial charge is 0.206 e. The summed E-state index contributed by atoms with van der Waals surface area (Å²) < 4.78 is 13.9. The molecule has 0 aromatic heterocycles. The molecule has 0 amide bonds. The van der Waals surface area contributed by atoms with Crippen molar-refractivity contribution in [3.63, 3.8) is 0 Å². The molecule has 2 bridgehead atoms. The van der Waals surface area contributed by atoms with Crippen molar-refractivity contribution < 1.29 is 4.39 Å². The molecule has 0 saturated heterocycles. The number of unbranched alkanes of at least 4 members (excludes halogenated alkanes) is 6. The highest BCUT2D eigenvalue weighted by Gasteiger charge is 2.47. The van der Waals surface area contributed by atoms with Gasteiger partial charge in [0.2, 0.25) is 0 Å². The Labute approximate surface area is 171 Å². The number of nitriles is 1. The molecule has 1 nitrogen and oxygen atoms in total. The molecular formula is C26H38FN. The van der Waals surface area contributed by atoms with Crippen molar-refractivity contribution in [2.75, 3.05) is 0 Å². The molecule has 3 saturated carbocycles. The first-order chi connectivity index (χ1) is 13.6. The van der Waals surface area contributed by atoms with Gasteiger partial charge < -0.3 is 0 Å². The van der Waals surface area contributed by atoms with Crippen molar-refractivity contribution in [1.29, 1.82) is 5.26 Å². The van der Waals surface area contributed by atoms with Gasteiger partial charge in [-0.2, -0.15) is 5.26 Å². The zero-order chi connectivity index (χ0) is 19.9. The first-order valence-corrected chi connectivity index (χ1v) is 11.8. The average Bonchev–Trinajstić information content (AvgIpc) is 2.73. The van der Waals surface area contributed by atoms with Crippen LogP contribution < -0.4 is 0 Å². The maximum atomic E-state index is 13.9. The first kappa shape index (κ1) is 21.4. The van der Waals surface area contributed by atoms with Gasteiger partial charge in [0.1, 0.15) is 11.9 Å². The number of fused-ring (bicyclic) bond motifs is 3. The van der Waals surface area contributed by atoms with Crippen LogP contribution in [-0.4, -0.2) is 0 Å². The Morgan fingerprint density at radius 3 is 2.00 bits per heavy atom. The fourth-order valence-electron chi connectivity index (χ4n) is 5.76. The Balaban J connectivity index is 1.40. The summed E-state index contributed by atoms with van der Waals surface area (Å²) in [5.41, 5.74) is 2.38. The van der Waals surface area contributed by atoms with Crippen LogP contribution in [0.15, 0.2) is 18.2 Å². The minimum absolute atomic E-state index is 0.160. The number of hydrogen-bond donors (Lipinski definition) is 0. The second kappa shape index (κ2) is 9.91. The van der Waals surface area contributed by atoms with E-state index in [9.17, 15) is 4.39 Å². The lowest BCUT2D eigenvalue weighted by atomic mass is 9.51. The molecule has 154 valence electrons. The van der Waals surface area contributed by atoms with Crippen molar-refractivity contribution in [1.82, 2.24) is 0 Å². The number of benzene rings is 1. The zero-order valence-electron chi connectivity index (χ0n) is 17.9. The van der Waals surface area contributed by atoms with E-state index in [2.05, 4.69) is 6.92 Å². The van der Waals surface area contributed by atoms with Crippen molar-refractivity contribution >= 4 is 0 Å². The molecule has 1 aromatic rings. The van der Waals surface area contributed by atoms with E-state index < -0.39 is 0 Å². The van der Waals surface area contributed by atoms with Crippen molar-refractivity contribution in [3.8, 4) is 6.07 Å². The molecule has 3 aliphatic carbocycles. The monoisotopic (exact) mass is 383 g/mol. The number of hydrogen-bond acceptors (Lipinski definition) is 1. The highest BCUT2D eigenvalue weighted by atomic mass is 19.1. The summed E-state index contributed by atoms with van der Waals surface area (Å²) in [5.74, 6) is -0.363. The average molecular weight is 384 g/mol. The molecule has 1 aromatic carbocycles. The maximum Gasteiger partial charge on any atom is 0.141 e. The number of rotatable bonds is 11. The predicted molar refractivity (Wildman–Crippen MR) is 115 cm³/mol. The molecule has 2 heteroatoms. The quantitative estimate of drug-likeness (QED) is 0.354. The minimum atomic E-state index is -0.363. The van der Waals surface area contributed by atoms with Gasteiger partial charge in [0.25, 0.3) is 0 Å². The molecule has 3 fully saturated rings. The Hall–Kier alpha value is -1.36. The third kappa shape index (κ3) is 5.37. The lowest BCUT2D eigenvalue weighted by molar-refractivity contribution is -0.0205. The van der Waals surface area contributed by atoms with E-state index in [1.54, 1.807) is 12.1 Å². The zero-order valence-corrected chi connectivity index (χ0v) is 17.9. The normalized spacial score (nSPS) is 26.3. The van der Waals surface area contributed by atoms with E-state index >= 15 is 0 Å². The number of halogens is 1. The van der Waals surface area contributed by atoms with Crippen molar-refractivity contribution in [2.24, 2.45) is 10.8 Å². The van der Waals surface area contributed by atoms with Gasteiger partial charge in [-0.3, -0.25) is 0 Å². The lowest BCUT2D eigenvalue weighted by Gasteiger charge is -2.54. The van der Waals surface area contributed by atoms with Gasteiger partial charge in [0.05, 0.1) is 5.56 Å². The van der Waals surface area contributed by atoms with Crippen LogP contribution in [-0.2, 0) is 6.42 Å². The SMILES string of the molecule is CCCCCCCCCC12CCC(CCc3ccc(C#N)c(F)c3)(CC1)CC2. The van der Waals surface area contributed by atoms with Crippen LogP contribution in [0.3, 0.4) is 0 Å². The van der Waals surface area contributed by atoms with Gasteiger partial charge in [0.15, 0.2) is 0 Å². The Kier molecular flexibility index (Phi) is 7.55. The fourth-order valence-corrected chi connectivity index (χ4v) is 5.76. The third-order valence-electron chi connectivity index (χ3n) is 7.97. The Morgan fingerprint density at radius 1 is 0.857 bits per heavy atom. The Morgan fingerprint density at radius 2 is 1.43 bits per heavy atom. The first-order valence-electron chi connectivity index (χ1n) is 11.8. The van der Waals surface area contributed by atoms with Crippen LogP contribution in [0.25, 0.3) is 0 Å². The highest BCUT2D eigenvalue weighted by Crippen LogP contribution is 2.60. The van der Waals surface area contributed by atoms with E-state index in [0.29, 0.717) is 10.8 Å². The predicted octanol–water partition coefficient (Wildman–Crippen LogP) is 8.11. The van der Waals surface area contributed by atoms with Crippen LogP contribution in [0, 0.1) is 28.0 Å². The maximum absolute atomic E-state index is 13.9. The smallest absolute Gasteiger partial charge is 0.141 e. The summed E-state index contributed by atoms with van der Waals surface area (Å²) in [4.78, 5) is 0. The van der Waals surface area contributed by atoms with E-state index in [1.807, 2.05) is 12.1 Å². The molecule has 0 radical (unpaired) electrons. The summed E-state index contributed by atoms with van der Waals surface area (Å²) in [6.45, 7) is 2.29. The number of aryl methyl sites for hydroxylation is 1. The van der Waals surface area contributed by atoms with E-state index in [-0.39, 0.29) is 11.4 Å². The van der Waals surface area contributed by atoms with Crippen molar-refractivity contribution in [2.45, 2.75) is 110 Å². The van der Waals surface area contributed by atoms with Crippen LogP contribution in [0.2, 0.25) is 0 Å². The molecule has 4 rings (SSSR count). The summed E-state index contributed by atoms with van der Waals surface area (Å²) in [6.07, 6.45) is 21.9. The van der Waals surface area contributed by atoms with Crippen molar-refractivity contribution in [3.05, 3.63) is 35.1 Å². The Bertz CT molecular complexity index is 647. The van der Waals surface area contributed by atoms with Gasteiger partial charge in [0, 0.05) is 0 Å². The molecular weight excluding hydrogens is 345 g/mol. The standard InChI is InChI=1S/C26H38FN/c1-2-3-4-5-6-7-8-12-25-14-17-26(18-15-25,19-16-25)13-11-22-9-10-23(21-28)24(27)20-22/h9-10,20H,2-8,11-19H2,1H3. The van der Waals surface area contributed by atoms with Gasteiger partial charge in [-0.15, -0.1) is 0 Å². The molecule has 3 aliphatic rings. The molecule has 28 heavy (non-hydrogen) atoms. The highest BCUT2D eigenvalue weighted by molar-refractivity contribution is 5.33. The van der Waals surface area contributed by atoms with E-state index in [4.69, 9.17) is 5.26 Å². The minimum Gasteiger partial charge on any atom is -0.206 e. The number of nitrogens with zero attached hydrogens (tertiary/aromatic N) is 1. The van der Waals surface area contributed by atoms with E-state index in [0.717, 1.165) is 12.0 Å². The second-order valence-corrected chi connectivity index (χ2v) is 9.80. The van der Waals surface area contributed by atoms with Gasteiger partial charge >= 0.3 is 0 Å². The molecule has 0 N–H and O–H groups in total. The second-order valence-electron chi connectivity index (χ2n) is 9.80. The van der Waals surface area contributed by atoms with Gasteiger partial charge in [-0.1, -0.05) is 57.9 Å². The van der Waals surface area contributed by atoms with Gasteiger partial charge in [-0.05, 0) is 86.3 Å². The van der Waals surface area contributed by atoms with Crippen LogP contribution in [0.4, 0.5) is 4.39 Å². The lowest BCUT2D eigenvalue weighted by Crippen LogP contribution is -2.41. The molecule has 0 heterocycles. The molecule has 0 unspecified atom stereocenters. The molecule has 0 spiro atoms. The van der Waals surface area contributed by atoms with Crippen LogP contribution in [0.5, 0.6) is 0 Å². The summed E-state index contributed by atoms with van der Waals surface area (Å²) >= 11 is 0. The topological polar surface area (TPSA) is 23.8 Å². The molecule has 0 aliphatic heterocycles. The summed E-state index contributed by atoms with van der Waals surface area (Å²) in [6, 6.07) is 7.07. The van der Waals surface area contributed by atoms with Crippen LogP contribution in [0.1, 0.15) is 114 Å².